The molecule has 0 aliphatic heterocycles. The van der Waals surface area contributed by atoms with Gasteiger partial charge in [-0.1, -0.05) is 0 Å². The number of hydrogen-bond acceptors (Lipinski definition) is 4. The van der Waals surface area contributed by atoms with E-state index < -0.39 is 28.8 Å². The van der Waals surface area contributed by atoms with Crippen LogP contribution in [0.3, 0.4) is 0 Å². The molecule has 1 aromatic heterocycles. The standard InChI is InChI=1S/C15H14F2IN3O3/c1-3-24-20-14(22)9-7-21(2)15(23)12(17)13(9)19-11-5-4-8(18)6-10(11)16/h4-7,19H,3H2,1-2H3,(H,20,22). The van der Waals surface area contributed by atoms with Crippen LogP contribution in [0.25, 0.3) is 0 Å². The summed E-state index contributed by atoms with van der Waals surface area (Å²) in [6.07, 6.45) is 1.15. The Balaban J connectivity index is 2.52. The molecular weight excluding hydrogens is 435 g/mol. The van der Waals surface area contributed by atoms with Crippen LogP contribution in [0.5, 0.6) is 0 Å². The minimum Gasteiger partial charge on any atom is -0.350 e. The number of rotatable bonds is 5. The minimum absolute atomic E-state index is 0.0620. The smallest absolute Gasteiger partial charge is 0.288 e. The van der Waals surface area contributed by atoms with Crippen LogP contribution in [0.4, 0.5) is 20.2 Å². The molecule has 0 atom stereocenters. The summed E-state index contributed by atoms with van der Waals surface area (Å²) in [7, 11) is 1.30. The third kappa shape index (κ3) is 3.90. The predicted molar refractivity (Wildman–Crippen MR) is 93.1 cm³/mol. The Morgan fingerprint density at radius 1 is 1.38 bits per heavy atom. The highest BCUT2D eigenvalue weighted by Gasteiger charge is 2.21. The van der Waals surface area contributed by atoms with Crippen LogP contribution >= 0.6 is 22.6 Å². The molecule has 0 aliphatic carbocycles. The van der Waals surface area contributed by atoms with Gasteiger partial charge in [-0.3, -0.25) is 14.4 Å². The maximum atomic E-state index is 14.4. The third-order valence-electron chi connectivity index (χ3n) is 3.06. The van der Waals surface area contributed by atoms with Crippen LogP contribution in [0.2, 0.25) is 0 Å². The predicted octanol–water partition coefficient (Wildman–Crippen LogP) is 2.69. The maximum Gasteiger partial charge on any atom is 0.288 e. The average molecular weight is 449 g/mol. The van der Waals surface area contributed by atoms with E-state index in [1.54, 1.807) is 13.0 Å². The number of anilines is 2. The molecular formula is C15H14F2IN3O3. The number of carbonyl (C=O) groups is 1. The van der Waals surface area contributed by atoms with Gasteiger partial charge in [-0.2, -0.15) is 4.39 Å². The van der Waals surface area contributed by atoms with Crippen LogP contribution in [-0.2, 0) is 11.9 Å². The highest BCUT2D eigenvalue weighted by molar-refractivity contribution is 14.1. The number of pyridine rings is 1. The van der Waals surface area contributed by atoms with E-state index in [9.17, 15) is 18.4 Å². The number of carbonyl (C=O) groups excluding carboxylic acids is 1. The highest BCUT2D eigenvalue weighted by atomic mass is 127. The average Bonchev–Trinajstić information content (AvgIpc) is 2.54. The first-order chi connectivity index (χ1) is 11.3. The molecule has 24 heavy (non-hydrogen) atoms. The second kappa shape index (κ2) is 7.71. The van der Waals surface area contributed by atoms with Crippen molar-refractivity contribution in [1.82, 2.24) is 10.0 Å². The lowest BCUT2D eigenvalue weighted by molar-refractivity contribution is 0.0364. The van der Waals surface area contributed by atoms with Gasteiger partial charge in [0, 0.05) is 16.8 Å². The summed E-state index contributed by atoms with van der Waals surface area (Å²) in [5.74, 6) is -2.60. The Bertz CT molecular complexity index is 839. The largest absolute Gasteiger partial charge is 0.350 e. The van der Waals surface area contributed by atoms with Crippen LogP contribution in [0.1, 0.15) is 17.3 Å². The number of nitrogens with zero attached hydrogens (tertiary/aromatic N) is 1. The van der Waals surface area contributed by atoms with Gasteiger partial charge in [0.25, 0.3) is 11.5 Å². The summed E-state index contributed by atoms with van der Waals surface area (Å²) >= 11 is 1.93. The van der Waals surface area contributed by atoms with Crippen molar-refractivity contribution in [3.63, 3.8) is 0 Å². The van der Waals surface area contributed by atoms with Crippen molar-refractivity contribution in [3.05, 3.63) is 55.5 Å². The van der Waals surface area contributed by atoms with Crippen LogP contribution in [-0.4, -0.2) is 17.1 Å². The van der Waals surface area contributed by atoms with E-state index in [1.807, 2.05) is 22.6 Å². The van der Waals surface area contributed by atoms with E-state index in [1.165, 1.54) is 19.2 Å². The molecule has 1 aromatic carbocycles. The van der Waals surface area contributed by atoms with Gasteiger partial charge in [-0.15, -0.1) is 0 Å². The SMILES string of the molecule is CCONC(=O)c1cn(C)c(=O)c(F)c1Nc1ccc(I)cc1F. The van der Waals surface area contributed by atoms with Gasteiger partial charge in [0.1, 0.15) is 5.82 Å². The molecule has 2 aromatic rings. The zero-order valence-corrected chi connectivity index (χ0v) is 15.0. The van der Waals surface area contributed by atoms with Gasteiger partial charge < -0.3 is 9.88 Å². The summed E-state index contributed by atoms with van der Waals surface area (Å²) in [6, 6.07) is 4.23. The first-order valence-electron chi connectivity index (χ1n) is 6.88. The summed E-state index contributed by atoms with van der Waals surface area (Å²) < 4.78 is 29.9. The number of aryl methyl sites for hydroxylation is 1. The van der Waals surface area contributed by atoms with Gasteiger partial charge in [0.05, 0.1) is 23.5 Å². The molecule has 1 heterocycles. The van der Waals surface area contributed by atoms with Gasteiger partial charge in [0.2, 0.25) is 5.82 Å². The number of hydroxylamine groups is 1. The molecule has 0 saturated carbocycles. The van der Waals surface area contributed by atoms with Crippen molar-refractivity contribution < 1.29 is 18.4 Å². The van der Waals surface area contributed by atoms with E-state index in [-0.39, 0.29) is 17.9 Å². The Hall–Kier alpha value is -2.01. The minimum atomic E-state index is -1.19. The van der Waals surface area contributed by atoms with Gasteiger partial charge in [-0.25, -0.2) is 9.87 Å². The van der Waals surface area contributed by atoms with E-state index in [0.717, 1.165) is 10.8 Å². The number of hydrogen-bond donors (Lipinski definition) is 2. The summed E-state index contributed by atoms with van der Waals surface area (Å²) in [5.41, 5.74) is 0.492. The molecule has 0 fully saturated rings. The molecule has 0 unspecified atom stereocenters. The second-order valence-electron chi connectivity index (χ2n) is 4.76. The summed E-state index contributed by atoms with van der Waals surface area (Å²) in [4.78, 5) is 28.7. The quantitative estimate of drug-likeness (QED) is 0.544. The second-order valence-corrected chi connectivity index (χ2v) is 6.01. The van der Waals surface area contributed by atoms with E-state index >= 15 is 0 Å². The summed E-state index contributed by atoms with van der Waals surface area (Å²) in [6.45, 7) is 1.86. The maximum absolute atomic E-state index is 14.4. The number of benzene rings is 1. The van der Waals surface area contributed by atoms with Gasteiger partial charge in [0.15, 0.2) is 0 Å². The van der Waals surface area contributed by atoms with Crippen molar-refractivity contribution in [2.45, 2.75) is 6.92 Å². The first-order valence-corrected chi connectivity index (χ1v) is 7.96. The molecule has 2 N–H and O–H groups in total. The molecule has 128 valence electrons. The number of nitrogens with one attached hydrogen (secondary N) is 2. The van der Waals surface area contributed by atoms with Gasteiger partial charge in [-0.05, 0) is 47.7 Å². The zero-order valence-electron chi connectivity index (χ0n) is 12.8. The lowest BCUT2D eigenvalue weighted by Crippen LogP contribution is -2.29. The lowest BCUT2D eigenvalue weighted by Gasteiger charge is -2.14. The van der Waals surface area contributed by atoms with Crippen molar-refractivity contribution >= 4 is 39.9 Å². The lowest BCUT2D eigenvalue weighted by atomic mass is 10.2. The van der Waals surface area contributed by atoms with E-state index in [2.05, 4.69) is 10.8 Å². The molecule has 2 rings (SSSR count). The fourth-order valence-corrected chi connectivity index (χ4v) is 2.36. The molecule has 0 saturated heterocycles. The zero-order chi connectivity index (χ0) is 17.9. The van der Waals surface area contributed by atoms with Crippen molar-refractivity contribution in [2.75, 3.05) is 11.9 Å². The van der Waals surface area contributed by atoms with Crippen LogP contribution in [0.15, 0.2) is 29.2 Å². The van der Waals surface area contributed by atoms with Crippen molar-refractivity contribution in [2.24, 2.45) is 7.05 Å². The fourth-order valence-electron chi connectivity index (χ4n) is 1.91. The Morgan fingerprint density at radius 3 is 2.71 bits per heavy atom. The van der Waals surface area contributed by atoms with Crippen LogP contribution in [0, 0.1) is 15.2 Å². The molecule has 9 heteroatoms. The highest BCUT2D eigenvalue weighted by Crippen LogP contribution is 2.25. The third-order valence-corrected chi connectivity index (χ3v) is 3.74. The monoisotopic (exact) mass is 449 g/mol. The van der Waals surface area contributed by atoms with E-state index in [0.29, 0.717) is 3.57 Å². The van der Waals surface area contributed by atoms with Crippen molar-refractivity contribution in [3.8, 4) is 0 Å². The number of aromatic nitrogens is 1. The molecule has 0 bridgehead atoms. The Labute approximate surface area is 149 Å². The molecule has 0 radical (unpaired) electrons. The number of halogens is 3. The molecule has 1 amide bonds. The molecule has 6 nitrogen and oxygen atoms in total. The fraction of sp³-hybridized carbons (Fsp3) is 0.200. The van der Waals surface area contributed by atoms with E-state index in [4.69, 9.17) is 4.84 Å². The topological polar surface area (TPSA) is 72.4 Å². The van der Waals surface area contributed by atoms with Crippen molar-refractivity contribution in [1.29, 1.82) is 0 Å². The summed E-state index contributed by atoms with van der Waals surface area (Å²) in [5, 5.41) is 2.48. The Morgan fingerprint density at radius 2 is 2.08 bits per heavy atom. The Kier molecular flexibility index (Phi) is 5.89. The molecule has 0 spiro atoms. The first kappa shape index (κ1) is 18.3. The van der Waals surface area contributed by atoms with Gasteiger partial charge >= 0.3 is 0 Å². The van der Waals surface area contributed by atoms with Crippen LogP contribution < -0.4 is 16.4 Å². The number of amides is 1. The molecule has 0 aliphatic rings. The normalized spacial score (nSPS) is 10.5.